The third kappa shape index (κ3) is 8.58. The summed E-state index contributed by atoms with van der Waals surface area (Å²) in [5.74, 6) is -4.31. The largest absolute Gasteiger partial charge is 0.480 e. The van der Waals surface area contributed by atoms with E-state index in [1.807, 2.05) is 36.5 Å². The average molecular weight is 519 g/mol. The first-order valence-corrected chi connectivity index (χ1v) is 11.9. The zero-order chi connectivity index (χ0) is 27.5. The molecule has 0 saturated heterocycles. The van der Waals surface area contributed by atoms with Crippen molar-refractivity contribution in [2.24, 2.45) is 11.7 Å². The van der Waals surface area contributed by atoms with Crippen LogP contribution in [0.3, 0.4) is 0 Å². The first-order valence-electron chi connectivity index (χ1n) is 11.9. The lowest BCUT2D eigenvalue weighted by Gasteiger charge is -2.25. The molecule has 0 bridgehead atoms. The van der Waals surface area contributed by atoms with Crippen molar-refractivity contribution in [2.75, 3.05) is 19.7 Å². The number of nitrogens with one attached hydrogen (secondary N) is 5. The van der Waals surface area contributed by atoms with Gasteiger partial charge in [0.15, 0.2) is 0 Å². The maximum atomic E-state index is 12.8. The second-order valence-corrected chi connectivity index (χ2v) is 8.68. The minimum Gasteiger partial charge on any atom is -0.480 e. The van der Waals surface area contributed by atoms with Crippen molar-refractivity contribution >= 4 is 40.5 Å². The van der Waals surface area contributed by atoms with Gasteiger partial charge in [0.2, 0.25) is 23.6 Å². The molecule has 9 N–H and O–H groups in total. The summed E-state index contributed by atoms with van der Waals surface area (Å²) in [6.45, 7) is 1.80. The van der Waals surface area contributed by atoms with Crippen LogP contribution in [0.5, 0.6) is 0 Å². The van der Waals surface area contributed by atoms with Gasteiger partial charge in [0.1, 0.15) is 12.1 Å². The molecular formula is C24H34N6O7. The number of carboxylic acids is 1. The average Bonchev–Trinajstić information content (AvgIpc) is 3.29. The third-order valence-corrected chi connectivity index (χ3v) is 5.93. The molecule has 0 unspecified atom stereocenters. The number of fused-ring (bicyclic) bond motifs is 1. The first kappa shape index (κ1) is 29.3. The molecule has 0 aliphatic heterocycles. The van der Waals surface area contributed by atoms with E-state index in [1.54, 1.807) is 13.1 Å². The highest BCUT2D eigenvalue weighted by Crippen LogP contribution is 2.19. The summed E-state index contributed by atoms with van der Waals surface area (Å²) in [7, 11) is 0. The molecule has 37 heavy (non-hydrogen) atoms. The predicted molar refractivity (Wildman–Crippen MR) is 134 cm³/mol. The van der Waals surface area contributed by atoms with E-state index in [4.69, 9.17) is 15.9 Å². The Morgan fingerprint density at radius 3 is 2.32 bits per heavy atom. The molecular weight excluding hydrogens is 484 g/mol. The van der Waals surface area contributed by atoms with Crippen LogP contribution in [0.25, 0.3) is 10.9 Å². The fourth-order valence-corrected chi connectivity index (χ4v) is 3.54. The molecule has 1 aromatic carbocycles. The number of aliphatic carboxylic acids is 1. The minimum absolute atomic E-state index is 0.258. The summed E-state index contributed by atoms with van der Waals surface area (Å²) in [5.41, 5.74) is 7.93. The Bertz CT molecular complexity index is 1120. The Morgan fingerprint density at radius 1 is 1.00 bits per heavy atom. The van der Waals surface area contributed by atoms with Crippen LogP contribution in [0.2, 0.25) is 0 Å². The SMILES string of the molecule is CC[C@H](C)[C@H](NC(=O)[C@@H](N)Cc1c[nH]c2ccccc12)C(=O)NCC(=O)NCC(=O)N[C@@H](CO)C(=O)O. The number of aromatic nitrogens is 1. The normalized spacial score (nSPS) is 14.2. The molecule has 13 heteroatoms. The monoisotopic (exact) mass is 518 g/mol. The molecule has 1 heterocycles. The number of para-hydroxylation sites is 1. The lowest BCUT2D eigenvalue weighted by atomic mass is 9.97. The van der Waals surface area contributed by atoms with Gasteiger partial charge in [0.05, 0.1) is 25.7 Å². The quantitative estimate of drug-likeness (QED) is 0.145. The molecule has 0 saturated carbocycles. The van der Waals surface area contributed by atoms with E-state index in [1.165, 1.54) is 0 Å². The molecule has 0 aliphatic rings. The van der Waals surface area contributed by atoms with E-state index >= 15 is 0 Å². The van der Waals surface area contributed by atoms with E-state index in [0.717, 1.165) is 16.5 Å². The second-order valence-electron chi connectivity index (χ2n) is 8.68. The number of amides is 4. The number of hydrogen-bond acceptors (Lipinski definition) is 7. The molecule has 0 spiro atoms. The molecule has 1 aromatic heterocycles. The van der Waals surface area contributed by atoms with Gasteiger partial charge in [-0.2, -0.15) is 0 Å². The standard InChI is InChI=1S/C24H34N6O7/c1-3-13(2)21(23(35)28-10-19(32)27-11-20(33)29-18(12-31)24(36)37)30-22(34)16(25)8-14-9-26-17-7-5-4-6-15(14)17/h4-7,9,13,16,18,21,26,31H,3,8,10-12,25H2,1-2H3,(H,27,32)(H,28,35)(H,29,33)(H,30,34)(H,36,37)/t13-,16-,18-,21-/m0/s1. The van der Waals surface area contributed by atoms with Gasteiger partial charge in [-0.1, -0.05) is 38.5 Å². The number of aliphatic hydroxyl groups excluding tert-OH is 1. The zero-order valence-corrected chi connectivity index (χ0v) is 20.7. The Hall–Kier alpha value is -3.97. The van der Waals surface area contributed by atoms with Crippen molar-refractivity contribution < 1.29 is 34.2 Å². The number of aliphatic hydroxyl groups is 1. The van der Waals surface area contributed by atoms with E-state index in [9.17, 15) is 24.0 Å². The Kier molecular flexibility index (Phi) is 11.0. The van der Waals surface area contributed by atoms with Gasteiger partial charge in [-0.25, -0.2) is 4.79 Å². The summed E-state index contributed by atoms with van der Waals surface area (Å²) >= 11 is 0. The van der Waals surface area contributed by atoms with Crippen molar-refractivity contribution in [3.8, 4) is 0 Å². The lowest BCUT2D eigenvalue weighted by Crippen LogP contribution is -2.55. The van der Waals surface area contributed by atoms with Crippen LogP contribution < -0.4 is 27.0 Å². The minimum atomic E-state index is -1.49. The second kappa shape index (κ2) is 13.9. The molecule has 4 atom stereocenters. The predicted octanol–water partition coefficient (Wildman–Crippen LogP) is -1.64. The number of carbonyl (C=O) groups is 5. The number of rotatable bonds is 14. The van der Waals surface area contributed by atoms with Crippen molar-refractivity contribution in [2.45, 2.75) is 44.8 Å². The molecule has 202 valence electrons. The number of aromatic amines is 1. The summed E-state index contributed by atoms with van der Waals surface area (Å²) in [6, 6.07) is 4.28. The number of carboxylic acid groups (broad SMARTS) is 1. The van der Waals surface area contributed by atoms with E-state index in [-0.39, 0.29) is 12.3 Å². The van der Waals surface area contributed by atoms with Crippen LogP contribution >= 0.6 is 0 Å². The molecule has 4 amide bonds. The van der Waals surface area contributed by atoms with Gasteiger partial charge >= 0.3 is 5.97 Å². The third-order valence-electron chi connectivity index (χ3n) is 5.93. The highest BCUT2D eigenvalue weighted by atomic mass is 16.4. The lowest BCUT2D eigenvalue weighted by molar-refractivity contribution is -0.142. The summed E-state index contributed by atoms with van der Waals surface area (Å²) in [5, 5.41) is 28.1. The number of nitrogens with two attached hydrogens (primary N) is 1. The number of hydrogen-bond donors (Lipinski definition) is 8. The Labute approximate surface area is 213 Å². The van der Waals surface area contributed by atoms with Gasteiger partial charge in [-0.05, 0) is 24.0 Å². The molecule has 0 aliphatic carbocycles. The van der Waals surface area contributed by atoms with Gasteiger partial charge < -0.3 is 42.2 Å². The van der Waals surface area contributed by atoms with Gasteiger partial charge in [-0.3, -0.25) is 19.2 Å². The van der Waals surface area contributed by atoms with Crippen molar-refractivity contribution in [1.82, 2.24) is 26.3 Å². The fourth-order valence-electron chi connectivity index (χ4n) is 3.54. The number of carbonyl (C=O) groups excluding carboxylic acids is 4. The van der Waals surface area contributed by atoms with Crippen molar-refractivity contribution in [1.29, 1.82) is 0 Å². The summed E-state index contributed by atoms with van der Waals surface area (Å²) in [4.78, 5) is 63.3. The smallest absolute Gasteiger partial charge is 0.328 e. The Balaban J connectivity index is 1.88. The summed E-state index contributed by atoms with van der Waals surface area (Å²) in [6.07, 6.45) is 2.62. The fraction of sp³-hybridized carbons (Fsp3) is 0.458. The van der Waals surface area contributed by atoms with Crippen LogP contribution in [0.15, 0.2) is 30.5 Å². The van der Waals surface area contributed by atoms with Crippen LogP contribution in [0.4, 0.5) is 0 Å². The molecule has 2 rings (SSSR count). The zero-order valence-electron chi connectivity index (χ0n) is 20.7. The van der Waals surface area contributed by atoms with E-state index in [2.05, 4.69) is 20.9 Å². The van der Waals surface area contributed by atoms with Crippen LogP contribution in [-0.2, 0) is 30.4 Å². The molecule has 13 nitrogen and oxygen atoms in total. The van der Waals surface area contributed by atoms with E-state index < -0.39 is 67.4 Å². The highest BCUT2D eigenvalue weighted by molar-refractivity contribution is 5.93. The highest BCUT2D eigenvalue weighted by Gasteiger charge is 2.28. The van der Waals surface area contributed by atoms with Crippen molar-refractivity contribution in [3.05, 3.63) is 36.0 Å². The maximum Gasteiger partial charge on any atom is 0.328 e. The first-order chi connectivity index (χ1) is 17.6. The van der Waals surface area contributed by atoms with Gasteiger partial charge in [0.25, 0.3) is 0 Å². The van der Waals surface area contributed by atoms with Gasteiger partial charge in [0, 0.05) is 17.1 Å². The van der Waals surface area contributed by atoms with Gasteiger partial charge in [-0.15, -0.1) is 0 Å². The topological polar surface area (TPSA) is 216 Å². The van der Waals surface area contributed by atoms with Crippen LogP contribution in [-0.4, -0.2) is 82.6 Å². The molecule has 0 radical (unpaired) electrons. The molecule has 0 fully saturated rings. The maximum absolute atomic E-state index is 12.8. The van der Waals surface area contributed by atoms with Crippen LogP contribution in [0.1, 0.15) is 25.8 Å². The molecule has 2 aromatic rings. The number of benzene rings is 1. The number of H-pyrrole nitrogens is 1. The van der Waals surface area contributed by atoms with Crippen LogP contribution in [0, 0.1) is 5.92 Å². The van der Waals surface area contributed by atoms with E-state index in [0.29, 0.717) is 6.42 Å². The van der Waals surface area contributed by atoms with Crippen molar-refractivity contribution in [3.63, 3.8) is 0 Å². The summed E-state index contributed by atoms with van der Waals surface area (Å²) < 4.78 is 0. The Morgan fingerprint density at radius 2 is 1.68 bits per heavy atom.